The Morgan fingerprint density at radius 3 is 2.52 bits per heavy atom. The van der Waals surface area contributed by atoms with Gasteiger partial charge in [-0.2, -0.15) is 5.53 Å². The lowest BCUT2D eigenvalue weighted by atomic mass is 9.98. The maximum absolute atomic E-state index is 13.1. The summed E-state index contributed by atoms with van der Waals surface area (Å²) in [6.45, 7) is 5.23. The van der Waals surface area contributed by atoms with Gasteiger partial charge in [-0.3, -0.25) is 0 Å². The SMILES string of the molecule is CCCCC(CC)CN(C)c1ccc(N=[NH2+])c(S(=O)(=O)/C=C/c2ccc(Cl)cc2Cl)c1. The molecule has 2 aromatic carbocycles. The van der Waals surface area contributed by atoms with E-state index in [4.69, 9.17) is 28.7 Å². The molecule has 0 aliphatic rings. The van der Waals surface area contributed by atoms with Crippen LogP contribution in [0.4, 0.5) is 11.4 Å². The van der Waals surface area contributed by atoms with Crippen molar-refractivity contribution in [2.24, 2.45) is 11.0 Å². The molecule has 1 unspecified atom stereocenters. The summed E-state index contributed by atoms with van der Waals surface area (Å²) in [7, 11) is -1.83. The molecule has 0 bridgehead atoms. The van der Waals surface area contributed by atoms with Gasteiger partial charge >= 0.3 is 0 Å². The Morgan fingerprint density at radius 1 is 1.16 bits per heavy atom. The predicted molar refractivity (Wildman–Crippen MR) is 130 cm³/mol. The van der Waals surface area contributed by atoms with Crippen LogP contribution in [0, 0.1) is 5.92 Å². The molecule has 0 spiro atoms. The van der Waals surface area contributed by atoms with Crippen LogP contribution in [0.15, 0.2) is 51.8 Å². The van der Waals surface area contributed by atoms with Crippen molar-refractivity contribution in [2.45, 2.75) is 44.4 Å². The molecular formula is C23H30Cl2N3O2S+. The van der Waals surface area contributed by atoms with Crippen LogP contribution in [0.2, 0.25) is 10.0 Å². The second-order valence-electron chi connectivity index (χ2n) is 7.59. The Labute approximate surface area is 195 Å². The van der Waals surface area contributed by atoms with E-state index in [9.17, 15) is 8.42 Å². The molecule has 2 aromatic rings. The fourth-order valence-electron chi connectivity index (χ4n) is 3.36. The molecule has 0 aromatic heterocycles. The first-order valence-electron chi connectivity index (χ1n) is 10.4. The van der Waals surface area contributed by atoms with Gasteiger partial charge < -0.3 is 4.90 Å². The summed E-state index contributed by atoms with van der Waals surface area (Å²) in [6.07, 6.45) is 6.04. The van der Waals surface area contributed by atoms with Crippen molar-refractivity contribution in [3.05, 3.63) is 57.4 Å². The predicted octanol–water partition coefficient (Wildman–Crippen LogP) is 5.93. The number of hydrogen-bond acceptors (Lipinski definition) is 4. The van der Waals surface area contributed by atoms with E-state index < -0.39 is 9.84 Å². The van der Waals surface area contributed by atoms with E-state index in [0.29, 0.717) is 21.5 Å². The summed E-state index contributed by atoms with van der Waals surface area (Å²) < 4.78 is 26.1. The van der Waals surface area contributed by atoms with Crippen LogP contribution >= 0.6 is 23.2 Å². The van der Waals surface area contributed by atoms with E-state index in [1.54, 1.807) is 30.3 Å². The standard InChI is InChI=1S/C23H29Cl2N3O2S/c1-4-6-7-17(5-2)16-28(3)20-10-11-22(27-26)23(15-20)31(29,30)13-12-18-8-9-19(24)14-21(18)25/h8-15,17,26H,4-7,16H2,1-3H3/p+1/b13-12+,27-26?. The minimum Gasteiger partial charge on any atom is -0.374 e. The van der Waals surface area contributed by atoms with Crippen LogP contribution in [0.3, 0.4) is 0 Å². The first kappa shape index (κ1) is 25.4. The molecule has 5 nitrogen and oxygen atoms in total. The van der Waals surface area contributed by atoms with Crippen LogP contribution in [-0.2, 0) is 9.84 Å². The van der Waals surface area contributed by atoms with Gasteiger partial charge in [0.25, 0.3) is 0 Å². The second-order valence-corrected chi connectivity index (χ2v) is 10.2. The molecular weight excluding hydrogens is 453 g/mol. The summed E-state index contributed by atoms with van der Waals surface area (Å²) >= 11 is 12.1. The van der Waals surface area contributed by atoms with Crippen molar-refractivity contribution in [3.8, 4) is 0 Å². The number of rotatable bonds is 11. The summed E-state index contributed by atoms with van der Waals surface area (Å²) in [5, 5.41) is 5.63. The average molecular weight is 483 g/mol. The van der Waals surface area contributed by atoms with Crippen LogP contribution in [0.5, 0.6) is 0 Å². The molecule has 2 N–H and O–H groups in total. The molecule has 8 heteroatoms. The highest BCUT2D eigenvalue weighted by molar-refractivity contribution is 7.94. The topological polar surface area (TPSA) is 75.3 Å². The maximum atomic E-state index is 13.1. The quantitative estimate of drug-likeness (QED) is 0.403. The summed E-state index contributed by atoms with van der Waals surface area (Å²) in [4.78, 5) is 2.14. The molecule has 0 saturated heterocycles. The van der Waals surface area contributed by atoms with Gasteiger partial charge in [0, 0.05) is 34.7 Å². The van der Waals surface area contributed by atoms with E-state index in [1.165, 1.54) is 18.9 Å². The fourth-order valence-corrected chi connectivity index (χ4v) is 5.00. The van der Waals surface area contributed by atoms with Crippen LogP contribution < -0.4 is 10.4 Å². The zero-order valence-electron chi connectivity index (χ0n) is 18.2. The van der Waals surface area contributed by atoms with Crippen molar-refractivity contribution in [1.82, 2.24) is 0 Å². The third-order valence-electron chi connectivity index (χ3n) is 5.29. The van der Waals surface area contributed by atoms with Gasteiger partial charge in [0.05, 0.1) is 0 Å². The number of hydrogen-bond donors (Lipinski definition) is 1. The number of nitrogens with zero attached hydrogens (tertiary/aromatic N) is 2. The zero-order valence-corrected chi connectivity index (χ0v) is 20.5. The third kappa shape index (κ3) is 7.06. The number of unbranched alkanes of at least 4 members (excludes halogenated alkanes) is 1. The van der Waals surface area contributed by atoms with Crippen LogP contribution in [0.1, 0.15) is 45.1 Å². The zero-order chi connectivity index (χ0) is 23.0. The minimum atomic E-state index is -3.80. The largest absolute Gasteiger partial charge is 0.374 e. The molecule has 2 rings (SSSR count). The molecule has 1 atom stereocenters. The Bertz CT molecular complexity index is 1040. The van der Waals surface area contributed by atoms with Crippen molar-refractivity contribution in [2.75, 3.05) is 18.5 Å². The van der Waals surface area contributed by atoms with Gasteiger partial charge in [0.1, 0.15) is 10.6 Å². The van der Waals surface area contributed by atoms with Gasteiger partial charge in [-0.25, -0.2) is 8.42 Å². The molecule has 0 radical (unpaired) electrons. The van der Waals surface area contributed by atoms with E-state index in [0.717, 1.165) is 30.5 Å². The van der Waals surface area contributed by atoms with Gasteiger partial charge in [-0.05, 0) is 59.4 Å². The van der Waals surface area contributed by atoms with E-state index in [2.05, 4.69) is 23.9 Å². The average Bonchev–Trinajstić information content (AvgIpc) is 2.75. The Balaban J connectivity index is 2.33. The Kier molecular flexibility index (Phi) is 9.54. The van der Waals surface area contributed by atoms with Crippen LogP contribution in [0.25, 0.3) is 6.08 Å². The third-order valence-corrected chi connectivity index (χ3v) is 7.29. The number of sulfone groups is 1. The summed E-state index contributed by atoms with van der Waals surface area (Å²) in [5.74, 6) is 0.552. The smallest absolute Gasteiger partial charge is 0.202 e. The number of halogens is 2. The van der Waals surface area contributed by atoms with Gasteiger partial charge in [0.2, 0.25) is 9.84 Å². The van der Waals surface area contributed by atoms with E-state index >= 15 is 0 Å². The molecule has 168 valence electrons. The minimum absolute atomic E-state index is 0.0577. The normalized spacial score (nSPS) is 12.8. The fraction of sp³-hybridized carbons (Fsp3) is 0.391. The highest BCUT2D eigenvalue weighted by Gasteiger charge is 2.20. The van der Waals surface area contributed by atoms with Crippen molar-refractivity contribution >= 4 is 50.5 Å². The highest BCUT2D eigenvalue weighted by atomic mass is 35.5. The van der Waals surface area contributed by atoms with Crippen molar-refractivity contribution < 1.29 is 13.9 Å². The van der Waals surface area contributed by atoms with Crippen molar-refractivity contribution in [3.63, 3.8) is 0 Å². The lowest BCUT2D eigenvalue weighted by molar-refractivity contribution is -0.210. The molecule has 0 saturated carbocycles. The number of benzene rings is 2. The van der Waals surface area contributed by atoms with Crippen LogP contribution in [-0.4, -0.2) is 22.0 Å². The monoisotopic (exact) mass is 482 g/mol. The molecule has 0 aliphatic heterocycles. The van der Waals surface area contributed by atoms with Gasteiger partial charge in [0.15, 0.2) is 0 Å². The number of anilines is 1. The lowest BCUT2D eigenvalue weighted by Crippen LogP contribution is -2.25. The first-order chi connectivity index (χ1) is 14.7. The summed E-state index contributed by atoms with van der Waals surface area (Å²) in [6, 6.07) is 9.98. The lowest BCUT2D eigenvalue weighted by Gasteiger charge is -2.25. The summed E-state index contributed by atoms with van der Waals surface area (Å²) in [5.41, 5.74) is 7.03. The Hall–Kier alpha value is -1.89. The molecule has 31 heavy (non-hydrogen) atoms. The molecule has 0 heterocycles. The second kappa shape index (κ2) is 11.7. The molecule has 0 amide bonds. The maximum Gasteiger partial charge on any atom is 0.202 e. The molecule has 0 aliphatic carbocycles. The van der Waals surface area contributed by atoms with E-state index in [1.807, 2.05) is 13.1 Å². The Morgan fingerprint density at radius 2 is 1.90 bits per heavy atom. The highest BCUT2D eigenvalue weighted by Crippen LogP contribution is 2.31. The van der Waals surface area contributed by atoms with Gasteiger partial charge in [-0.1, -0.05) is 62.4 Å². The van der Waals surface area contributed by atoms with Gasteiger partial charge in [-0.15, -0.1) is 0 Å². The first-order valence-corrected chi connectivity index (χ1v) is 12.7. The van der Waals surface area contributed by atoms with Crippen molar-refractivity contribution in [1.29, 1.82) is 0 Å². The van der Waals surface area contributed by atoms with E-state index in [-0.39, 0.29) is 10.6 Å². The molecule has 0 fully saturated rings. The number of nitrogens with two attached hydrogens (primary N) is 1.